The van der Waals surface area contributed by atoms with Crippen LogP contribution in [-0.2, 0) is 4.79 Å². The van der Waals surface area contributed by atoms with Crippen molar-refractivity contribution in [1.29, 1.82) is 5.41 Å². The Hall–Kier alpha value is -3.47. The van der Waals surface area contributed by atoms with Crippen LogP contribution in [-0.4, -0.2) is 55.3 Å². The third-order valence-electron chi connectivity index (χ3n) is 11.8. The monoisotopic (exact) mass is 642 g/mol. The van der Waals surface area contributed by atoms with Crippen LogP contribution in [0.4, 0.5) is 10.1 Å². The number of halogens is 1. The molecule has 1 aromatic heterocycles. The number of aromatic nitrogens is 2. The lowest BCUT2D eigenvalue weighted by atomic mass is 9.45. The Morgan fingerprint density at radius 3 is 2.70 bits per heavy atom. The van der Waals surface area contributed by atoms with Crippen LogP contribution < -0.4 is 5.56 Å². The molecule has 0 spiro atoms. The summed E-state index contributed by atoms with van der Waals surface area (Å²) in [6, 6.07) is 13.1. The molecule has 0 saturated heterocycles. The first-order chi connectivity index (χ1) is 22.0. The molecule has 4 N–H and O–H groups in total. The molecule has 3 fully saturated rings. The number of aliphatic hydroxyl groups excluding tert-OH is 1. The van der Waals surface area contributed by atoms with Gasteiger partial charge in [-0.2, -0.15) is 0 Å². The van der Waals surface area contributed by atoms with E-state index < -0.39 is 17.1 Å². The summed E-state index contributed by atoms with van der Waals surface area (Å²) in [6.45, 7) is 4.18. The van der Waals surface area contributed by atoms with E-state index in [-0.39, 0.29) is 52.0 Å². The number of carbonyl (C=O) groups excluding carboxylic acids is 1. The fourth-order valence-corrected chi connectivity index (χ4v) is 10.4. The zero-order valence-corrected chi connectivity index (χ0v) is 26.8. The summed E-state index contributed by atoms with van der Waals surface area (Å²) in [5.74, 6) is -0.792. The highest BCUT2D eigenvalue weighted by Gasteiger charge is 2.68. The van der Waals surface area contributed by atoms with Gasteiger partial charge in [-0.25, -0.2) is 9.37 Å². The fourth-order valence-electron chi connectivity index (χ4n) is 9.60. The van der Waals surface area contributed by atoms with Crippen molar-refractivity contribution in [3.8, 4) is 0 Å². The molecule has 240 valence electrons. The van der Waals surface area contributed by atoms with Gasteiger partial charge in [-0.05, 0) is 104 Å². The number of rotatable bonds is 6. The van der Waals surface area contributed by atoms with Crippen LogP contribution in [0.5, 0.6) is 0 Å². The average molecular weight is 643 g/mol. The van der Waals surface area contributed by atoms with Crippen LogP contribution in [0.15, 0.2) is 75.1 Å². The molecule has 8 atom stereocenters. The first kappa shape index (κ1) is 31.1. The van der Waals surface area contributed by atoms with Gasteiger partial charge in [-0.15, -0.1) is 0 Å². The number of aliphatic imine (C=N–C) groups is 1. The van der Waals surface area contributed by atoms with E-state index in [1.165, 1.54) is 23.9 Å². The summed E-state index contributed by atoms with van der Waals surface area (Å²) >= 11 is 1.13. The van der Waals surface area contributed by atoms with E-state index in [1.54, 1.807) is 30.3 Å². The van der Waals surface area contributed by atoms with Crippen LogP contribution in [0.1, 0.15) is 52.4 Å². The molecule has 8 nitrogen and oxygen atoms in total. The number of ketones is 1. The molecule has 0 bridgehead atoms. The van der Waals surface area contributed by atoms with Crippen LogP contribution in [0.25, 0.3) is 10.9 Å². The zero-order chi connectivity index (χ0) is 32.4. The Bertz CT molecular complexity index is 1840. The van der Waals surface area contributed by atoms with E-state index in [9.17, 15) is 24.2 Å². The normalized spacial score (nSPS) is 36.1. The van der Waals surface area contributed by atoms with Crippen molar-refractivity contribution in [3.63, 3.8) is 0 Å². The minimum atomic E-state index is -1.59. The van der Waals surface area contributed by atoms with Crippen LogP contribution >= 0.6 is 11.8 Å². The number of benzene rings is 2. The number of H-pyrrole nitrogens is 1. The van der Waals surface area contributed by atoms with Crippen LogP contribution in [0.3, 0.4) is 0 Å². The van der Waals surface area contributed by atoms with E-state index in [1.807, 2.05) is 13.0 Å². The number of aliphatic hydroxyl groups is 2. The van der Waals surface area contributed by atoms with E-state index in [0.29, 0.717) is 47.4 Å². The molecule has 4 aliphatic carbocycles. The molecule has 4 aliphatic rings. The molecular weight excluding hydrogens is 603 g/mol. The number of para-hydroxylation sites is 1. The summed E-state index contributed by atoms with van der Waals surface area (Å²) in [5, 5.41) is 33.1. The molecule has 3 aromatic rings. The predicted octanol–water partition coefficient (Wildman–Crippen LogP) is 6.04. The van der Waals surface area contributed by atoms with Crippen molar-refractivity contribution in [2.75, 3.05) is 5.75 Å². The van der Waals surface area contributed by atoms with Gasteiger partial charge in [0.05, 0.1) is 28.4 Å². The number of Topliss-reactive ketones (excluding diaryl/α,β-unsaturated/α-hetero) is 1. The van der Waals surface area contributed by atoms with Crippen molar-refractivity contribution >= 4 is 46.1 Å². The summed E-state index contributed by atoms with van der Waals surface area (Å²) < 4.78 is 13.5. The van der Waals surface area contributed by atoms with Gasteiger partial charge >= 0.3 is 0 Å². The molecule has 46 heavy (non-hydrogen) atoms. The number of hydrogen-bond donors (Lipinski definition) is 4. The molecule has 3 saturated carbocycles. The van der Waals surface area contributed by atoms with Crippen molar-refractivity contribution < 1.29 is 19.4 Å². The number of thioether (sulfide) groups is 1. The van der Waals surface area contributed by atoms with Gasteiger partial charge in [0.1, 0.15) is 11.4 Å². The van der Waals surface area contributed by atoms with Crippen LogP contribution in [0, 0.1) is 45.7 Å². The summed E-state index contributed by atoms with van der Waals surface area (Å²) in [6.07, 6.45) is 6.42. The van der Waals surface area contributed by atoms with Crippen molar-refractivity contribution in [2.24, 2.45) is 39.5 Å². The molecular formula is C36H39FN4O4S. The summed E-state index contributed by atoms with van der Waals surface area (Å²) in [5.41, 5.74) is 0.173. The average Bonchev–Trinajstić information content (AvgIpc) is 3.31. The first-order valence-electron chi connectivity index (χ1n) is 16.1. The Morgan fingerprint density at radius 1 is 1.17 bits per heavy atom. The Morgan fingerprint density at radius 2 is 1.93 bits per heavy atom. The number of hydrogen-bond acceptors (Lipinski definition) is 8. The van der Waals surface area contributed by atoms with Crippen molar-refractivity contribution in [3.05, 3.63) is 76.4 Å². The molecule has 2 aromatic carbocycles. The van der Waals surface area contributed by atoms with E-state index in [2.05, 4.69) is 23.0 Å². The van der Waals surface area contributed by atoms with Gasteiger partial charge in [-0.1, -0.05) is 43.3 Å². The molecule has 0 radical (unpaired) electrons. The number of aromatic amines is 1. The van der Waals surface area contributed by atoms with Gasteiger partial charge < -0.3 is 20.6 Å². The topological polar surface area (TPSA) is 139 Å². The van der Waals surface area contributed by atoms with E-state index >= 15 is 0 Å². The summed E-state index contributed by atoms with van der Waals surface area (Å²) in [4.78, 5) is 38.4. The molecule has 8 unspecified atom stereocenters. The summed E-state index contributed by atoms with van der Waals surface area (Å²) in [7, 11) is 0. The highest BCUT2D eigenvalue weighted by atomic mass is 32.2. The molecule has 0 aliphatic heterocycles. The standard InChI is InChI=1S/C36H39FN4O4S/c1-34-16-20(18-38)28(39-23-10-8-22(37)9-11-23)15-21(34)7-12-24-26-13-14-36(45,35(26,2)17-29(42)31(24)34)30(43)19-46-33-40-27-6-4-3-5-25(27)32(44)41-33/h3-6,8-11,15,18,20,24,26,29,31,38,42,45H,7,12-14,16-17,19H2,1-2H3,(H,40,41,44). The largest absolute Gasteiger partial charge is 0.393 e. The third-order valence-corrected chi connectivity index (χ3v) is 12.7. The van der Waals surface area contributed by atoms with E-state index in [4.69, 9.17) is 10.4 Å². The quantitative estimate of drug-likeness (QED) is 0.147. The lowest BCUT2D eigenvalue weighted by Crippen LogP contribution is -2.62. The maximum Gasteiger partial charge on any atom is 0.259 e. The minimum absolute atomic E-state index is 0.0357. The number of nitrogens with zero attached hydrogens (tertiary/aromatic N) is 2. The SMILES string of the molecule is CC12CC(C=N)C(=Nc3ccc(F)cc3)C=C1CCC1C2C(O)CC2(C)C1CCC2(O)C(=O)CSc1nc2ccccc2c(=O)[nH]1. The minimum Gasteiger partial charge on any atom is -0.393 e. The second-order valence-corrected chi connectivity index (χ2v) is 15.1. The second kappa shape index (κ2) is 11.3. The lowest BCUT2D eigenvalue weighted by molar-refractivity contribution is -0.178. The highest BCUT2D eigenvalue weighted by Crippen LogP contribution is 2.68. The van der Waals surface area contributed by atoms with Gasteiger partial charge in [0.25, 0.3) is 5.56 Å². The zero-order valence-electron chi connectivity index (χ0n) is 26.0. The Labute approximate surface area is 271 Å². The fraction of sp³-hybridized carbons (Fsp3) is 0.472. The lowest BCUT2D eigenvalue weighted by Gasteiger charge is -2.61. The Balaban J connectivity index is 1.13. The second-order valence-electron chi connectivity index (χ2n) is 14.1. The van der Waals surface area contributed by atoms with Crippen molar-refractivity contribution in [1.82, 2.24) is 9.97 Å². The smallest absolute Gasteiger partial charge is 0.259 e. The number of fused-ring (bicyclic) bond motifs is 6. The molecule has 1 heterocycles. The third kappa shape index (κ3) is 4.83. The van der Waals surface area contributed by atoms with Crippen LogP contribution in [0.2, 0.25) is 0 Å². The number of allylic oxidation sites excluding steroid dienone is 2. The number of carbonyl (C=O) groups is 1. The number of nitrogens with one attached hydrogen (secondary N) is 2. The van der Waals surface area contributed by atoms with Gasteiger partial charge in [0, 0.05) is 23.3 Å². The van der Waals surface area contributed by atoms with Gasteiger partial charge in [0.15, 0.2) is 10.9 Å². The molecule has 0 amide bonds. The van der Waals surface area contributed by atoms with Crippen molar-refractivity contribution in [2.45, 2.75) is 69.2 Å². The maximum absolute atomic E-state index is 13.9. The maximum atomic E-state index is 13.9. The van der Waals surface area contributed by atoms with Gasteiger partial charge in [-0.3, -0.25) is 14.6 Å². The van der Waals surface area contributed by atoms with Gasteiger partial charge in [0.2, 0.25) is 0 Å². The predicted molar refractivity (Wildman–Crippen MR) is 177 cm³/mol. The first-order valence-corrected chi connectivity index (χ1v) is 17.1. The molecule has 10 heteroatoms. The highest BCUT2D eigenvalue weighted by molar-refractivity contribution is 7.99. The van der Waals surface area contributed by atoms with E-state index in [0.717, 1.165) is 30.3 Å². The molecule has 7 rings (SSSR count). The Kier molecular flexibility index (Phi) is 7.68.